The smallest absolute Gasteiger partial charge is 0.318 e. The minimum Gasteiger partial charge on any atom is -0.380 e. The number of ether oxygens (including phenoxy) is 2. The van der Waals surface area contributed by atoms with Crippen LogP contribution in [-0.4, -0.2) is 40.1 Å². The molecular formula is C12H19N3O3. The molecule has 1 rings (SSSR count). The standard InChI is InChI=1S/C12H19N3O3/c1-13-12(16)15-10-6-4-9(5-7-10)14-8-11(17-2)18-3/h4-7,11,14H,8H2,1-3H3,(H2,13,15,16). The number of methoxy groups -OCH3 is 2. The molecule has 0 aliphatic carbocycles. The molecule has 0 aromatic heterocycles. The number of nitrogens with one attached hydrogen (secondary N) is 3. The van der Waals surface area contributed by atoms with E-state index in [2.05, 4.69) is 16.0 Å². The van der Waals surface area contributed by atoms with Crippen LogP contribution in [0.5, 0.6) is 0 Å². The van der Waals surface area contributed by atoms with Gasteiger partial charge in [-0.25, -0.2) is 4.79 Å². The number of hydrogen-bond donors (Lipinski definition) is 3. The van der Waals surface area contributed by atoms with Gasteiger partial charge in [-0.1, -0.05) is 0 Å². The van der Waals surface area contributed by atoms with Gasteiger partial charge in [0.15, 0.2) is 6.29 Å². The Morgan fingerprint density at radius 1 is 1.17 bits per heavy atom. The van der Waals surface area contributed by atoms with Crippen molar-refractivity contribution in [2.75, 3.05) is 38.4 Å². The number of carbonyl (C=O) groups is 1. The minimum absolute atomic E-state index is 0.241. The molecule has 0 spiro atoms. The molecule has 0 saturated carbocycles. The van der Waals surface area contributed by atoms with Gasteiger partial charge in [0.1, 0.15) is 0 Å². The number of rotatable bonds is 6. The average Bonchev–Trinajstić information content (AvgIpc) is 2.41. The van der Waals surface area contributed by atoms with Crippen LogP contribution in [0.25, 0.3) is 0 Å². The van der Waals surface area contributed by atoms with Crippen molar-refractivity contribution in [3.63, 3.8) is 0 Å². The van der Waals surface area contributed by atoms with E-state index in [-0.39, 0.29) is 12.3 Å². The van der Waals surface area contributed by atoms with Crippen LogP contribution >= 0.6 is 0 Å². The summed E-state index contributed by atoms with van der Waals surface area (Å²) in [4.78, 5) is 11.1. The van der Waals surface area contributed by atoms with Crippen LogP contribution in [0.15, 0.2) is 24.3 Å². The fraction of sp³-hybridized carbons (Fsp3) is 0.417. The topological polar surface area (TPSA) is 71.6 Å². The van der Waals surface area contributed by atoms with Gasteiger partial charge in [0.2, 0.25) is 0 Å². The van der Waals surface area contributed by atoms with Gasteiger partial charge < -0.3 is 25.4 Å². The van der Waals surface area contributed by atoms with Gasteiger partial charge in [-0.2, -0.15) is 0 Å². The Hall–Kier alpha value is -1.79. The number of anilines is 2. The van der Waals surface area contributed by atoms with Gasteiger partial charge in [-0.3, -0.25) is 0 Å². The van der Waals surface area contributed by atoms with E-state index in [1.54, 1.807) is 21.3 Å². The Morgan fingerprint density at radius 3 is 2.22 bits per heavy atom. The Bertz CT molecular complexity index is 363. The quantitative estimate of drug-likeness (QED) is 0.671. The third kappa shape index (κ3) is 4.60. The fourth-order valence-corrected chi connectivity index (χ4v) is 1.33. The minimum atomic E-state index is -0.284. The second-order valence-electron chi connectivity index (χ2n) is 3.56. The maximum atomic E-state index is 11.1. The zero-order chi connectivity index (χ0) is 13.4. The summed E-state index contributed by atoms with van der Waals surface area (Å²) in [7, 11) is 4.75. The van der Waals surface area contributed by atoms with Crippen LogP contribution in [0.3, 0.4) is 0 Å². The summed E-state index contributed by atoms with van der Waals surface area (Å²) in [5, 5.41) is 8.33. The van der Waals surface area contributed by atoms with Crippen molar-refractivity contribution in [1.29, 1.82) is 0 Å². The summed E-state index contributed by atoms with van der Waals surface area (Å²) in [6.45, 7) is 0.551. The molecule has 0 bridgehead atoms. The predicted octanol–water partition coefficient (Wildman–Crippen LogP) is 1.47. The van der Waals surface area contributed by atoms with Crippen LogP contribution in [0.1, 0.15) is 0 Å². The summed E-state index contributed by atoms with van der Waals surface area (Å²) in [5.74, 6) is 0. The van der Waals surface area contributed by atoms with Gasteiger partial charge >= 0.3 is 6.03 Å². The van der Waals surface area contributed by atoms with E-state index in [1.165, 1.54) is 0 Å². The maximum absolute atomic E-state index is 11.1. The molecular weight excluding hydrogens is 234 g/mol. The zero-order valence-electron chi connectivity index (χ0n) is 10.8. The molecule has 3 N–H and O–H groups in total. The normalized spacial score (nSPS) is 10.2. The van der Waals surface area contributed by atoms with Gasteiger partial charge in [0.25, 0.3) is 0 Å². The number of urea groups is 1. The van der Waals surface area contributed by atoms with Crippen LogP contribution in [0, 0.1) is 0 Å². The molecule has 18 heavy (non-hydrogen) atoms. The van der Waals surface area contributed by atoms with Gasteiger partial charge in [-0.05, 0) is 24.3 Å². The van der Waals surface area contributed by atoms with E-state index in [0.717, 1.165) is 11.4 Å². The van der Waals surface area contributed by atoms with Crippen LogP contribution in [-0.2, 0) is 9.47 Å². The molecule has 1 aromatic carbocycles. The van der Waals surface area contributed by atoms with Gasteiger partial charge in [0.05, 0.1) is 6.54 Å². The number of hydrogen-bond acceptors (Lipinski definition) is 4. The third-order valence-electron chi connectivity index (χ3n) is 2.37. The lowest BCUT2D eigenvalue weighted by atomic mass is 10.3. The first kappa shape index (κ1) is 14.3. The lowest BCUT2D eigenvalue weighted by molar-refractivity contribution is -0.0914. The van der Waals surface area contributed by atoms with Crippen molar-refractivity contribution in [3.8, 4) is 0 Å². The highest BCUT2D eigenvalue weighted by molar-refractivity contribution is 5.89. The summed E-state index contributed by atoms with van der Waals surface area (Å²) in [5.41, 5.74) is 1.66. The zero-order valence-corrected chi connectivity index (χ0v) is 10.8. The summed E-state index contributed by atoms with van der Waals surface area (Å²) in [6, 6.07) is 7.12. The number of benzene rings is 1. The largest absolute Gasteiger partial charge is 0.380 e. The highest BCUT2D eigenvalue weighted by atomic mass is 16.7. The molecule has 2 amide bonds. The predicted molar refractivity (Wildman–Crippen MR) is 70.8 cm³/mol. The molecule has 0 aliphatic heterocycles. The molecule has 0 aliphatic rings. The van der Waals surface area contributed by atoms with Gasteiger partial charge in [0, 0.05) is 32.6 Å². The van der Waals surface area contributed by atoms with Crippen LogP contribution in [0.2, 0.25) is 0 Å². The van der Waals surface area contributed by atoms with E-state index < -0.39 is 0 Å². The highest BCUT2D eigenvalue weighted by Gasteiger charge is 2.04. The molecule has 0 unspecified atom stereocenters. The third-order valence-corrected chi connectivity index (χ3v) is 2.37. The van der Waals surface area contributed by atoms with Crippen molar-refractivity contribution in [3.05, 3.63) is 24.3 Å². The van der Waals surface area contributed by atoms with E-state index in [4.69, 9.17) is 9.47 Å². The molecule has 0 fully saturated rings. The highest BCUT2D eigenvalue weighted by Crippen LogP contribution is 2.13. The lowest BCUT2D eigenvalue weighted by Crippen LogP contribution is -2.24. The van der Waals surface area contributed by atoms with Crippen molar-refractivity contribution in [2.24, 2.45) is 0 Å². The molecule has 0 saturated heterocycles. The Balaban J connectivity index is 2.47. The average molecular weight is 253 g/mol. The first-order valence-electron chi connectivity index (χ1n) is 5.58. The van der Waals surface area contributed by atoms with E-state index in [1.807, 2.05) is 24.3 Å². The molecule has 0 radical (unpaired) electrons. The van der Waals surface area contributed by atoms with Crippen molar-refractivity contribution in [1.82, 2.24) is 5.32 Å². The molecule has 1 aromatic rings. The SMILES string of the molecule is CNC(=O)Nc1ccc(NCC(OC)OC)cc1. The number of carbonyl (C=O) groups excluding carboxylic acids is 1. The lowest BCUT2D eigenvalue weighted by Gasteiger charge is -2.15. The summed E-state index contributed by atoms with van der Waals surface area (Å²) >= 11 is 0. The van der Waals surface area contributed by atoms with Crippen molar-refractivity contribution in [2.45, 2.75) is 6.29 Å². The second-order valence-corrected chi connectivity index (χ2v) is 3.56. The summed E-state index contributed by atoms with van der Waals surface area (Å²) in [6.07, 6.45) is -0.284. The van der Waals surface area contributed by atoms with Crippen molar-refractivity contribution >= 4 is 17.4 Å². The summed E-state index contributed by atoms with van der Waals surface area (Å²) < 4.78 is 10.1. The van der Waals surface area contributed by atoms with E-state index in [9.17, 15) is 4.79 Å². The van der Waals surface area contributed by atoms with E-state index >= 15 is 0 Å². The van der Waals surface area contributed by atoms with Crippen molar-refractivity contribution < 1.29 is 14.3 Å². The first-order valence-corrected chi connectivity index (χ1v) is 5.58. The Kier molecular flexibility index (Phi) is 5.96. The molecule has 100 valence electrons. The van der Waals surface area contributed by atoms with Crippen LogP contribution in [0.4, 0.5) is 16.2 Å². The second kappa shape index (κ2) is 7.52. The monoisotopic (exact) mass is 253 g/mol. The first-order chi connectivity index (χ1) is 8.69. The Morgan fingerprint density at radius 2 is 1.72 bits per heavy atom. The number of amides is 2. The van der Waals surface area contributed by atoms with E-state index in [0.29, 0.717) is 6.54 Å². The van der Waals surface area contributed by atoms with Gasteiger partial charge in [-0.15, -0.1) is 0 Å². The molecule has 6 heteroatoms. The maximum Gasteiger partial charge on any atom is 0.318 e. The Labute approximate surface area is 107 Å². The molecule has 6 nitrogen and oxygen atoms in total. The fourth-order valence-electron chi connectivity index (χ4n) is 1.33. The molecule has 0 atom stereocenters. The molecule has 0 heterocycles. The van der Waals surface area contributed by atoms with Crippen LogP contribution < -0.4 is 16.0 Å².